The van der Waals surface area contributed by atoms with E-state index in [1.165, 1.54) is 37.4 Å². The summed E-state index contributed by atoms with van der Waals surface area (Å²) in [7, 11) is 2.23. The third kappa shape index (κ3) is 5.35. The summed E-state index contributed by atoms with van der Waals surface area (Å²) in [5.74, 6) is 1.97. The Kier molecular flexibility index (Phi) is 6.99. The molecule has 140 valence electrons. The summed E-state index contributed by atoms with van der Waals surface area (Å²) < 4.78 is 0. The van der Waals surface area contributed by atoms with Crippen molar-refractivity contribution in [2.45, 2.75) is 26.2 Å². The van der Waals surface area contributed by atoms with Crippen LogP contribution in [0.2, 0.25) is 0 Å². The largest absolute Gasteiger partial charge is 0.360 e. The normalized spacial score (nSPS) is 21.0. The average Bonchev–Trinajstić information content (AvgIpc) is 3.17. The zero-order valence-electron chi connectivity index (χ0n) is 15.8. The van der Waals surface area contributed by atoms with Gasteiger partial charge in [-0.1, -0.05) is 0 Å². The van der Waals surface area contributed by atoms with E-state index in [0.717, 1.165) is 51.1 Å². The minimum Gasteiger partial charge on any atom is -0.360 e. The van der Waals surface area contributed by atoms with Gasteiger partial charge in [-0.25, -0.2) is 0 Å². The molecule has 0 spiro atoms. The van der Waals surface area contributed by atoms with Crippen molar-refractivity contribution in [2.75, 3.05) is 64.3 Å². The number of nitrogens with one attached hydrogen (secondary N) is 1. The van der Waals surface area contributed by atoms with Crippen LogP contribution in [0.15, 0.2) is 22.5 Å². The number of piperazine rings is 1. The Balaban J connectivity index is 1.47. The maximum atomic E-state index is 4.94. The highest BCUT2D eigenvalue weighted by molar-refractivity contribution is 7.14. The number of hydrogen-bond donors (Lipinski definition) is 1. The number of thiophene rings is 1. The van der Waals surface area contributed by atoms with Crippen molar-refractivity contribution in [3.63, 3.8) is 0 Å². The van der Waals surface area contributed by atoms with Gasteiger partial charge in [0.25, 0.3) is 0 Å². The average molecular weight is 364 g/mol. The number of rotatable bonds is 5. The van der Waals surface area contributed by atoms with Crippen molar-refractivity contribution >= 4 is 22.3 Å². The van der Waals surface area contributed by atoms with E-state index < -0.39 is 0 Å². The fourth-order valence-corrected chi connectivity index (χ4v) is 4.50. The molecule has 0 aliphatic carbocycles. The number of anilines is 1. The van der Waals surface area contributed by atoms with Crippen LogP contribution in [0, 0.1) is 5.92 Å². The van der Waals surface area contributed by atoms with Gasteiger partial charge in [0.15, 0.2) is 5.96 Å². The molecule has 1 aromatic heterocycles. The van der Waals surface area contributed by atoms with Crippen molar-refractivity contribution in [3.05, 3.63) is 17.5 Å². The van der Waals surface area contributed by atoms with Crippen LogP contribution in [0.4, 0.5) is 5.00 Å². The molecule has 0 atom stereocenters. The van der Waals surface area contributed by atoms with Crippen LogP contribution in [0.3, 0.4) is 0 Å². The molecule has 2 fully saturated rings. The lowest BCUT2D eigenvalue weighted by Gasteiger charge is -2.37. The van der Waals surface area contributed by atoms with Crippen molar-refractivity contribution < 1.29 is 0 Å². The van der Waals surface area contributed by atoms with Crippen LogP contribution in [0.5, 0.6) is 0 Å². The second kappa shape index (κ2) is 9.43. The van der Waals surface area contributed by atoms with E-state index in [0.29, 0.717) is 0 Å². The van der Waals surface area contributed by atoms with Gasteiger partial charge in [0, 0.05) is 39.3 Å². The lowest BCUT2D eigenvalue weighted by molar-refractivity contribution is 0.214. The highest BCUT2D eigenvalue weighted by Gasteiger charge is 2.21. The first kappa shape index (κ1) is 18.5. The van der Waals surface area contributed by atoms with Crippen LogP contribution < -0.4 is 10.2 Å². The summed E-state index contributed by atoms with van der Waals surface area (Å²) in [6.45, 7) is 10.8. The highest BCUT2D eigenvalue weighted by Crippen LogP contribution is 2.22. The van der Waals surface area contributed by atoms with Gasteiger partial charge in [0.2, 0.25) is 0 Å². The molecule has 6 heteroatoms. The number of nitrogens with zero attached hydrogens (tertiary/aromatic N) is 4. The Hall–Kier alpha value is -1.27. The van der Waals surface area contributed by atoms with Gasteiger partial charge in [-0.05, 0) is 69.8 Å². The molecule has 0 unspecified atom stereocenters. The van der Waals surface area contributed by atoms with E-state index in [1.54, 1.807) is 0 Å². The first-order valence-electron chi connectivity index (χ1n) is 9.76. The van der Waals surface area contributed by atoms with Gasteiger partial charge in [-0.2, -0.15) is 0 Å². The van der Waals surface area contributed by atoms with Crippen LogP contribution in [0.25, 0.3) is 0 Å². The van der Waals surface area contributed by atoms with Gasteiger partial charge in [0.05, 0.1) is 5.00 Å². The van der Waals surface area contributed by atoms with Crippen molar-refractivity contribution in [2.24, 2.45) is 10.9 Å². The molecule has 5 nitrogen and oxygen atoms in total. The first-order valence-corrected chi connectivity index (χ1v) is 10.6. The fourth-order valence-electron chi connectivity index (χ4n) is 3.72. The van der Waals surface area contributed by atoms with Crippen LogP contribution >= 0.6 is 11.3 Å². The van der Waals surface area contributed by atoms with Gasteiger partial charge < -0.3 is 20.0 Å². The zero-order chi connectivity index (χ0) is 17.5. The van der Waals surface area contributed by atoms with E-state index in [4.69, 9.17) is 4.99 Å². The molecule has 1 N–H and O–H groups in total. The minimum atomic E-state index is 0.860. The lowest BCUT2D eigenvalue weighted by Crippen LogP contribution is -2.52. The van der Waals surface area contributed by atoms with Gasteiger partial charge in [-0.3, -0.25) is 4.99 Å². The van der Waals surface area contributed by atoms with Crippen LogP contribution in [-0.2, 0) is 0 Å². The molecule has 2 aliphatic heterocycles. The third-order valence-corrected chi connectivity index (χ3v) is 6.30. The summed E-state index contributed by atoms with van der Waals surface area (Å²) in [5.41, 5.74) is 0. The van der Waals surface area contributed by atoms with E-state index in [2.05, 4.69) is 51.5 Å². The Morgan fingerprint density at radius 2 is 1.96 bits per heavy atom. The summed E-state index contributed by atoms with van der Waals surface area (Å²) in [4.78, 5) is 12.3. The van der Waals surface area contributed by atoms with Crippen molar-refractivity contribution in [1.29, 1.82) is 0 Å². The van der Waals surface area contributed by atoms with Gasteiger partial charge in [-0.15, -0.1) is 11.3 Å². The Labute approximate surface area is 156 Å². The monoisotopic (exact) mass is 363 g/mol. The minimum absolute atomic E-state index is 0.860. The summed E-state index contributed by atoms with van der Waals surface area (Å²) >= 11 is 1.84. The topological polar surface area (TPSA) is 34.1 Å². The number of guanidine groups is 1. The molecule has 0 radical (unpaired) electrons. The number of aliphatic imine (C=N–C) groups is 1. The Bertz CT molecular complexity index is 514. The summed E-state index contributed by atoms with van der Waals surface area (Å²) in [6, 6.07) is 4.36. The predicted octanol–water partition coefficient (Wildman–Crippen LogP) is 2.57. The SMILES string of the molecule is CCNC(=NCCC1CCN(C)CC1)N1CCN(c2cccs2)CC1. The summed E-state index contributed by atoms with van der Waals surface area (Å²) in [5, 5.41) is 7.05. The lowest BCUT2D eigenvalue weighted by atomic mass is 9.94. The third-order valence-electron chi connectivity index (χ3n) is 5.37. The smallest absolute Gasteiger partial charge is 0.194 e. The second-order valence-electron chi connectivity index (χ2n) is 7.20. The molecule has 3 rings (SSSR count). The molecule has 0 bridgehead atoms. The molecule has 0 aromatic carbocycles. The van der Waals surface area contributed by atoms with Gasteiger partial charge >= 0.3 is 0 Å². The maximum absolute atomic E-state index is 4.94. The van der Waals surface area contributed by atoms with Crippen molar-refractivity contribution in [1.82, 2.24) is 15.1 Å². The quantitative estimate of drug-likeness (QED) is 0.644. The van der Waals surface area contributed by atoms with E-state index in [1.807, 2.05) is 11.3 Å². The molecule has 0 amide bonds. The molecule has 0 saturated carbocycles. The highest BCUT2D eigenvalue weighted by atomic mass is 32.1. The zero-order valence-corrected chi connectivity index (χ0v) is 16.6. The van der Waals surface area contributed by atoms with Crippen LogP contribution in [-0.4, -0.2) is 75.2 Å². The fraction of sp³-hybridized carbons (Fsp3) is 0.737. The molecular weight excluding hydrogens is 330 g/mol. The molecular formula is C19H33N5S. The Morgan fingerprint density at radius 1 is 1.20 bits per heavy atom. The van der Waals surface area contributed by atoms with E-state index in [9.17, 15) is 0 Å². The van der Waals surface area contributed by atoms with Gasteiger partial charge in [0.1, 0.15) is 0 Å². The molecule has 1 aromatic rings. The van der Waals surface area contributed by atoms with Crippen LogP contribution in [0.1, 0.15) is 26.2 Å². The number of piperidine rings is 1. The maximum Gasteiger partial charge on any atom is 0.194 e. The summed E-state index contributed by atoms with van der Waals surface area (Å²) in [6.07, 6.45) is 3.90. The number of likely N-dealkylation sites (tertiary alicyclic amines) is 1. The predicted molar refractivity (Wildman–Crippen MR) is 109 cm³/mol. The molecule has 2 saturated heterocycles. The molecule has 25 heavy (non-hydrogen) atoms. The molecule has 2 aliphatic rings. The first-order chi connectivity index (χ1) is 12.3. The van der Waals surface area contributed by atoms with E-state index >= 15 is 0 Å². The van der Waals surface area contributed by atoms with Crippen molar-refractivity contribution in [3.8, 4) is 0 Å². The standard InChI is InChI=1S/C19H33N5S/c1-3-20-19(21-9-6-17-7-10-22(2)11-8-17)24-14-12-23(13-15-24)18-5-4-16-25-18/h4-5,16-17H,3,6-15H2,1-2H3,(H,20,21). The second-order valence-corrected chi connectivity index (χ2v) is 8.12. The Morgan fingerprint density at radius 3 is 2.60 bits per heavy atom. The van der Waals surface area contributed by atoms with E-state index in [-0.39, 0.29) is 0 Å². The number of hydrogen-bond acceptors (Lipinski definition) is 4. The molecule has 3 heterocycles.